The fraction of sp³-hybridized carbons (Fsp3) is 0.667. The second-order valence-electron chi connectivity index (χ2n) is 6.24. The zero-order valence-electron chi connectivity index (χ0n) is 14.6. The number of fused-ring (bicyclic) bond motifs is 1. The molecule has 26 heavy (non-hydrogen) atoms. The van der Waals surface area contributed by atoms with E-state index in [1.165, 1.54) is 16.8 Å². The topological polar surface area (TPSA) is 130 Å². The van der Waals surface area contributed by atoms with Crippen molar-refractivity contribution in [2.45, 2.75) is 51.1 Å². The van der Waals surface area contributed by atoms with Crippen LogP contribution in [0.15, 0.2) is 17.1 Å². The molecule has 3 rings (SSSR count). The summed E-state index contributed by atoms with van der Waals surface area (Å²) >= 11 is 0. The molecule has 2 saturated heterocycles. The van der Waals surface area contributed by atoms with E-state index in [0.717, 1.165) is 0 Å². The van der Waals surface area contributed by atoms with Gasteiger partial charge in [-0.15, -0.1) is 0 Å². The first-order valence-electron chi connectivity index (χ1n) is 8.14. The van der Waals surface area contributed by atoms with Crippen molar-refractivity contribution in [1.82, 2.24) is 9.55 Å². The number of carbonyl (C=O) groups is 1. The van der Waals surface area contributed by atoms with Gasteiger partial charge in [-0.25, -0.2) is 9.59 Å². The first kappa shape index (κ1) is 18.6. The van der Waals surface area contributed by atoms with Crippen LogP contribution in [0.4, 0.5) is 10.6 Å². The molecule has 0 radical (unpaired) electrons. The van der Waals surface area contributed by atoms with Crippen LogP contribution < -0.4 is 11.2 Å². The van der Waals surface area contributed by atoms with Crippen LogP contribution in [0.3, 0.4) is 0 Å². The Morgan fingerprint density at radius 3 is 2.77 bits per heavy atom. The highest BCUT2D eigenvalue weighted by molar-refractivity contribution is 5.59. The Labute approximate surface area is 148 Å². The average Bonchev–Trinajstić information content (AvgIpc) is 3.06. The number of rotatable bonds is 5. The molecule has 2 fully saturated rings. The molecule has 144 valence electrons. The molecule has 0 amide bonds. The number of anilines is 1. The maximum absolute atomic E-state index is 12.2. The molecule has 2 aliphatic heterocycles. The molecule has 4 atom stereocenters. The zero-order valence-corrected chi connectivity index (χ0v) is 14.6. The Bertz CT molecular complexity index is 721. The zero-order chi connectivity index (χ0) is 18.9. The smallest absolute Gasteiger partial charge is 0.435 e. The van der Waals surface area contributed by atoms with Crippen molar-refractivity contribution in [3.63, 3.8) is 0 Å². The minimum Gasteiger partial charge on any atom is -0.435 e. The molecule has 0 bridgehead atoms. The molecule has 0 aliphatic carbocycles. The number of nitrogens with one attached hydrogen (secondary N) is 1. The third-order valence-corrected chi connectivity index (χ3v) is 3.97. The molecule has 1 aromatic heterocycles. The summed E-state index contributed by atoms with van der Waals surface area (Å²) in [6.45, 7) is 5.23. The van der Waals surface area contributed by atoms with E-state index in [4.69, 9.17) is 28.9 Å². The fourth-order valence-corrected chi connectivity index (χ4v) is 3.00. The van der Waals surface area contributed by atoms with Gasteiger partial charge in [0.1, 0.15) is 24.9 Å². The third-order valence-electron chi connectivity index (χ3n) is 3.97. The van der Waals surface area contributed by atoms with Gasteiger partial charge in [-0.05, 0) is 26.8 Å². The summed E-state index contributed by atoms with van der Waals surface area (Å²) in [5.74, 6) is -0.879. The van der Waals surface area contributed by atoms with Crippen LogP contribution in [0.5, 0.6) is 0 Å². The van der Waals surface area contributed by atoms with Gasteiger partial charge in [0.2, 0.25) is 0 Å². The fourth-order valence-electron chi connectivity index (χ4n) is 3.00. The standard InChI is InChI=1S/C15H21N3O8/c1-4-22-14(20)23-7-8-10-11(26-15(2,3)25-10)12(24-8)18-6-5-9(17-21)16-13(18)19/h5-6,8,10-12,21H,4,7H2,1-3H3,(H,16,17,19)/t8-,10-,11-,12-/m1/s1. The second kappa shape index (κ2) is 7.19. The van der Waals surface area contributed by atoms with E-state index in [-0.39, 0.29) is 19.0 Å². The number of hydrogen-bond acceptors (Lipinski definition) is 10. The lowest BCUT2D eigenvalue weighted by molar-refractivity contribution is -0.201. The number of carbonyl (C=O) groups excluding carboxylic acids is 1. The quantitative estimate of drug-likeness (QED) is 0.561. The van der Waals surface area contributed by atoms with Gasteiger partial charge >= 0.3 is 11.8 Å². The highest BCUT2D eigenvalue weighted by Crippen LogP contribution is 2.42. The molecular formula is C15H21N3O8. The summed E-state index contributed by atoms with van der Waals surface area (Å²) in [5, 5.41) is 8.85. The van der Waals surface area contributed by atoms with Crippen LogP contribution >= 0.6 is 0 Å². The van der Waals surface area contributed by atoms with Gasteiger partial charge in [-0.2, -0.15) is 4.98 Å². The molecule has 2 N–H and O–H groups in total. The minimum absolute atomic E-state index is 0.00640. The van der Waals surface area contributed by atoms with Crippen LogP contribution in [0, 0.1) is 0 Å². The molecule has 0 spiro atoms. The monoisotopic (exact) mass is 371 g/mol. The van der Waals surface area contributed by atoms with Gasteiger partial charge in [0, 0.05) is 6.20 Å². The summed E-state index contributed by atoms with van der Waals surface area (Å²) in [7, 11) is 0. The maximum atomic E-state index is 12.2. The van der Waals surface area contributed by atoms with E-state index in [1.807, 2.05) is 0 Å². The summed E-state index contributed by atoms with van der Waals surface area (Å²) in [6.07, 6.45) is -2.03. The summed E-state index contributed by atoms with van der Waals surface area (Å²) in [5.41, 5.74) is 1.16. The highest BCUT2D eigenvalue weighted by atomic mass is 16.8. The van der Waals surface area contributed by atoms with E-state index >= 15 is 0 Å². The Morgan fingerprint density at radius 1 is 1.38 bits per heavy atom. The van der Waals surface area contributed by atoms with Crippen molar-refractivity contribution in [2.75, 3.05) is 18.7 Å². The first-order chi connectivity index (χ1) is 12.3. The van der Waals surface area contributed by atoms with Gasteiger partial charge in [-0.3, -0.25) is 15.3 Å². The minimum atomic E-state index is -0.886. The molecule has 0 saturated carbocycles. The predicted octanol–water partition coefficient (Wildman–Crippen LogP) is 0.635. The van der Waals surface area contributed by atoms with Crippen LogP contribution in [0.1, 0.15) is 27.0 Å². The van der Waals surface area contributed by atoms with E-state index in [2.05, 4.69) is 4.98 Å². The second-order valence-corrected chi connectivity index (χ2v) is 6.24. The summed E-state index contributed by atoms with van der Waals surface area (Å²) in [6, 6.07) is 1.41. The van der Waals surface area contributed by atoms with Crippen LogP contribution in [0.25, 0.3) is 0 Å². The van der Waals surface area contributed by atoms with Gasteiger partial charge in [0.25, 0.3) is 0 Å². The van der Waals surface area contributed by atoms with Crippen molar-refractivity contribution in [3.8, 4) is 0 Å². The van der Waals surface area contributed by atoms with Crippen molar-refractivity contribution in [3.05, 3.63) is 22.7 Å². The Balaban J connectivity index is 1.80. The molecule has 3 heterocycles. The highest BCUT2D eigenvalue weighted by Gasteiger charge is 2.56. The largest absolute Gasteiger partial charge is 0.508 e. The summed E-state index contributed by atoms with van der Waals surface area (Å²) < 4.78 is 28.5. The van der Waals surface area contributed by atoms with Crippen LogP contribution in [-0.2, 0) is 23.7 Å². The van der Waals surface area contributed by atoms with Crippen molar-refractivity contribution >= 4 is 12.0 Å². The van der Waals surface area contributed by atoms with Gasteiger partial charge in [0.05, 0.1) is 6.61 Å². The summed E-state index contributed by atoms with van der Waals surface area (Å²) in [4.78, 5) is 27.3. The van der Waals surface area contributed by atoms with E-state index in [1.54, 1.807) is 26.3 Å². The number of ether oxygens (including phenoxy) is 5. The van der Waals surface area contributed by atoms with Crippen LogP contribution in [-0.4, -0.2) is 58.2 Å². The van der Waals surface area contributed by atoms with E-state index < -0.39 is 42.2 Å². The molecule has 11 heteroatoms. The lowest BCUT2D eigenvalue weighted by atomic mass is 10.1. The molecule has 1 aromatic rings. The Hall–Kier alpha value is -2.21. The molecule has 0 aromatic carbocycles. The number of aromatic nitrogens is 2. The lowest BCUT2D eigenvalue weighted by Gasteiger charge is -2.24. The lowest BCUT2D eigenvalue weighted by Crippen LogP contribution is -2.34. The van der Waals surface area contributed by atoms with E-state index in [9.17, 15) is 9.59 Å². The normalized spacial score (nSPS) is 29.2. The van der Waals surface area contributed by atoms with E-state index in [0.29, 0.717) is 0 Å². The van der Waals surface area contributed by atoms with Crippen molar-refractivity contribution < 1.29 is 33.7 Å². The average molecular weight is 371 g/mol. The maximum Gasteiger partial charge on any atom is 0.508 e. The Morgan fingerprint density at radius 2 is 2.12 bits per heavy atom. The molecule has 2 aliphatic rings. The van der Waals surface area contributed by atoms with Gasteiger partial charge < -0.3 is 23.7 Å². The Kier molecular flexibility index (Phi) is 5.14. The molecule has 0 unspecified atom stereocenters. The number of hydrogen-bond donors (Lipinski definition) is 2. The third kappa shape index (κ3) is 3.65. The van der Waals surface area contributed by atoms with Gasteiger partial charge in [0.15, 0.2) is 17.8 Å². The van der Waals surface area contributed by atoms with Crippen molar-refractivity contribution in [2.24, 2.45) is 0 Å². The molecular weight excluding hydrogens is 350 g/mol. The number of nitrogens with zero attached hydrogens (tertiary/aromatic N) is 2. The predicted molar refractivity (Wildman–Crippen MR) is 84.6 cm³/mol. The first-order valence-corrected chi connectivity index (χ1v) is 8.14. The van der Waals surface area contributed by atoms with Gasteiger partial charge in [-0.1, -0.05) is 0 Å². The van der Waals surface area contributed by atoms with Crippen LogP contribution in [0.2, 0.25) is 0 Å². The molecule has 11 nitrogen and oxygen atoms in total. The van der Waals surface area contributed by atoms with Crippen molar-refractivity contribution in [1.29, 1.82) is 0 Å². The SMILES string of the molecule is CCOC(=O)OC[C@H]1O[C@@H](n2ccc(NO)nc2=O)[C@@H]2OC(C)(C)O[C@@H]21.